The van der Waals surface area contributed by atoms with Crippen molar-refractivity contribution in [1.82, 2.24) is 14.8 Å². The lowest BCUT2D eigenvalue weighted by Gasteiger charge is -2.15. The number of ether oxygens (including phenoxy) is 1. The molecule has 0 saturated heterocycles. The van der Waals surface area contributed by atoms with Crippen LogP contribution in [0.4, 0.5) is 17.3 Å². The van der Waals surface area contributed by atoms with Crippen LogP contribution in [0.2, 0.25) is 0 Å². The van der Waals surface area contributed by atoms with E-state index >= 15 is 0 Å². The zero-order valence-corrected chi connectivity index (χ0v) is 18.0. The minimum absolute atomic E-state index is 0.0528. The second kappa shape index (κ2) is 9.21. The highest BCUT2D eigenvalue weighted by Gasteiger charge is 2.26. The van der Waals surface area contributed by atoms with Gasteiger partial charge in [0.1, 0.15) is 5.75 Å². The molecule has 0 atom stereocenters. The predicted molar refractivity (Wildman–Crippen MR) is 120 cm³/mol. The first-order valence-corrected chi connectivity index (χ1v) is 11.1. The monoisotopic (exact) mass is 423 g/mol. The molecule has 30 heavy (non-hydrogen) atoms. The van der Waals surface area contributed by atoms with Crippen LogP contribution in [0.25, 0.3) is 0 Å². The van der Waals surface area contributed by atoms with Gasteiger partial charge in [-0.3, -0.25) is 9.36 Å². The molecule has 0 aliphatic carbocycles. The first-order chi connectivity index (χ1) is 14.7. The first kappa shape index (κ1) is 20.3. The van der Waals surface area contributed by atoms with Crippen molar-refractivity contribution in [2.24, 2.45) is 0 Å². The Hall–Kier alpha value is -3.00. The van der Waals surface area contributed by atoms with Gasteiger partial charge in [0.05, 0.1) is 12.4 Å². The number of aryl methyl sites for hydroxylation is 1. The number of benzene rings is 2. The van der Waals surface area contributed by atoms with E-state index in [1.54, 1.807) is 0 Å². The molecular formula is C22H25N5O2S. The molecule has 1 amide bonds. The fraction of sp³-hybridized carbons (Fsp3) is 0.318. The van der Waals surface area contributed by atoms with Crippen LogP contribution in [-0.2, 0) is 17.8 Å². The average Bonchev–Trinajstić information content (AvgIpc) is 3.36. The van der Waals surface area contributed by atoms with Crippen LogP contribution in [-0.4, -0.2) is 39.6 Å². The Morgan fingerprint density at radius 1 is 1.07 bits per heavy atom. The molecule has 0 fully saturated rings. The van der Waals surface area contributed by atoms with E-state index in [4.69, 9.17) is 4.74 Å². The number of anilines is 3. The Morgan fingerprint density at radius 3 is 2.53 bits per heavy atom. The van der Waals surface area contributed by atoms with E-state index in [2.05, 4.69) is 31.9 Å². The van der Waals surface area contributed by atoms with E-state index in [1.807, 2.05) is 55.5 Å². The van der Waals surface area contributed by atoms with Crippen molar-refractivity contribution in [3.05, 3.63) is 54.1 Å². The first-order valence-electron chi connectivity index (χ1n) is 10.1. The summed E-state index contributed by atoms with van der Waals surface area (Å²) < 4.78 is 7.57. The van der Waals surface area contributed by atoms with Crippen LogP contribution in [0.3, 0.4) is 0 Å². The number of amides is 1. The maximum absolute atomic E-state index is 12.3. The smallest absolute Gasteiger partial charge is 0.234 e. The normalized spacial score (nSPS) is 12.7. The van der Waals surface area contributed by atoms with Crippen LogP contribution in [0.5, 0.6) is 5.75 Å². The van der Waals surface area contributed by atoms with E-state index in [0.717, 1.165) is 47.7 Å². The average molecular weight is 424 g/mol. The second-order valence-electron chi connectivity index (χ2n) is 6.90. The summed E-state index contributed by atoms with van der Waals surface area (Å²) in [6.45, 7) is 6.34. The number of hydrogen-bond acceptors (Lipinski definition) is 6. The largest absolute Gasteiger partial charge is 0.494 e. The summed E-state index contributed by atoms with van der Waals surface area (Å²) in [5.74, 6) is 1.89. The minimum Gasteiger partial charge on any atom is -0.494 e. The highest BCUT2D eigenvalue weighted by Crippen LogP contribution is 2.32. The number of thioether (sulfide) groups is 1. The molecular weight excluding hydrogens is 398 g/mol. The van der Waals surface area contributed by atoms with Gasteiger partial charge in [0.2, 0.25) is 11.9 Å². The summed E-state index contributed by atoms with van der Waals surface area (Å²) in [6, 6.07) is 15.9. The zero-order valence-electron chi connectivity index (χ0n) is 17.2. The van der Waals surface area contributed by atoms with Crippen molar-refractivity contribution < 1.29 is 9.53 Å². The Balaban J connectivity index is 1.36. The molecule has 0 bridgehead atoms. The molecule has 0 radical (unpaired) electrons. The number of rotatable bonds is 8. The van der Waals surface area contributed by atoms with Crippen LogP contribution in [0, 0.1) is 0 Å². The van der Waals surface area contributed by atoms with Crippen molar-refractivity contribution in [2.75, 3.05) is 29.1 Å². The standard InChI is InChI=1S/C22H25N5O2S/c1-3-16-5-7-17(8-6-16)23-20(28)15-30-22-25-24-21-26(13-14-27(21)22)18-9-11-19(12-10-18)29-4-2/h5-12H,3-4,13-15H2,1-2H3,(H,23,28). The SMILES string of the molecule is CCOc1ccc(N2CCn3c(SCC(=O)Nc4ccc(CC)cc4)nnc32)cc1. The van der Waals surface area contributed by atoms with Crippen molar-refractivity contribution in [3.63, 3.8) is 0 Å². The predicted octanol–water partition coefficient (Wildman–Crippen LogP) is 4.12. The molecule has 1 aliphatic heterocycles. The van der Waals surface area contributed by atoms with Crippen molar-refractivity contribution in [3.8, 4) is 5.75 Å². The van der Waals surface area contributed by atoms with Gasteiger partial charge in [-0.1, -0.05) is 30.8 Å². The molecule has 0 spiro atoms. The lowest BCUT2D eigenvalue weighted by molar-refractivity contribution is -0.113. The molecule has 0 unspecified atom stereocenters. The minimum atomic E-state index is -0.0528. The van der Waals surface area contributed by atoms with Gasteiger partial charge in [-0.05, 0) is 55.3 Å². The Bertz CT molecular complexity index is 1000. The summed E-state index contributed by atoms with van der Waals surface area (Å²) in [7, 11) is 0. The van der Waals surface area contributed by atoms with E-state index in [1.165, 1.54) is 17.3 Å². The van der Waals surface area contributed by atoms with Crippen molar-refractivity contribution >= 4 is 35.0 Å². The highest BCUT2D eigenvalue weighted by atomic mass is 32.2. The molecule has 2 heterocycles. The van der Waals surface area contributed by atoms with E-state index in [-0.39, 0.29) is 11.7 Å². The van der Waals surface area contributed by atoms with E-state index in [9.17, 15) is 4.79 Å². The summed E-state index contributed by atoms with van der Waals surface area (Å²) in [4.78, 5) is 14.4. The van der Waals surface area contributed by atoms with Crippen LogP contribution >= 0.6 is 11.8 Å². The van der Waals surface area contributed by atoms with Gasteiger partial charge in [-0.25, -0.2) is 0 Å². The molecule has 1 aromatic heterocycles. The maximum Gasteiger partial charge on any atom is 0.234 e. The van der Waals surface area contributed by atoms with Gasteiger partial charge >= 0.3 is 0 Å². The van der Waals surface area contributed by atoms with E-state index < -0.39 is 0 Å². The number of nitrogens with zero attached hydrogens (tertiary/aromatic N) is 4. The zero-order chi connectivity index (χ0) is 20.9. The van der Waals surface area contributed by atoms with Crippen LogP contribution in [0.15, 0.2) is 53.7 Å². The highest BCUT2D eigenvalue weighted by molar-refractivity contribution is 7.99. The summed E-state index contributed by atoms with van der Waals surface area (Å²) in [5.41, 5.74) is 3.11. The topological polar surface area (TPSA) is 72.3 Å². The van der Waals surface area contributed by atoms with Crippen molar-refractivity contribution in [2.45, 2.75) is 32.0 Å². The van der Waals surface area contributed by atoms with Gasteiger partial charge in [-0.2, -0.15) is 0 Å². The van der Waals surface area contributed by atoms with E-state index in [0.29, 0.717) is 6.61 Å². The molecule has 3 aromatic rings. The number of fused-ring (bicyclic) bond motifs is 1. The molecule has 8 heteroatoms. The molecule has 1 N–H and O–H groups in total. The summed E-state index contributed by atoms with van der Waals surface area (Å²) in [5, 5.41) is 12.3. The number of carbonyl (C=O) groups is 1. The van der Waals surface area contributed by atoms with Gasteiger partial charge in [0, 0.05) is 24.5 Å². The molecule has 4 rings (SSSR count). The third-order valence-corrected chi connectivity index (χ3v) is 5.89. The fourth-order valence-corrected chi connectivity index (χ4v) is 4.13. The lowest BCUT2D eigenvalue weighted by Crippen LogP contribution is -2.14. The van der Waals surface area contributed by atoms with Gasteiger partial charge in [0.15, 0.2) is 5.16 Å². The molecule has 1 aliphatic rings. The third-order valence-electron chi connectivity index (χ3n) is 4.92. The van der Waals surface area contributed by atoms with Crippen LogP contribution < -0.4 is 15.0 Å². The quantitative estimate of drug-likeness (QED) is 0.550. The second-order valence-corrected chi connectivity index (χ2v) is 7.84. The Kier molecular flexibility index (Phi) is 6.23. The molecule has 0 saturated carbocycles. The number of hydrogen-bond donors (Lipinski definition) is 1. The summed E-state index contributed by atoms with van der Waals surface area (Å²) >= 11 is 1.40. The lowest BCUT2D eigenvalue weighted by atomic mass is 10.1. The van der Waals surface area contributed by atoms with Gasteiger partial charge in [-0.15, -0.1) is 10.2 Å². The number of aromatic nitrogens is 3. The van der Waals surface area contributed by atoms with Crippen LogP contribution in [0.1, 0.15) is 19.4 Å². The fourth-order valence-electron chi connectivity index (χ4n) is 3.37. The molecule has 156 valence electrons. The van der Waals surface area contributed by atoms with Gasteiger partial charge < -0.3 is 15.0 Å². The Morgan fingerprint density at radius 2 is 1.83 bits per heavy atom. The summed E-state index contributed by atoms with van der Waals surface area (Å²) in [6.07, 6.45) is 0.982. The maximum atomic E-state index is 12.3. The Labute approximate surface area is 180 Å². The molecule has 7 nitrogen and oxygen atoms in total. The number of carbonyl (C=O) groups excluding carboxylic acids is 1. The van der Waals surface area contributed by atoms with Gasteiger partial charge in [0.25, 0.3) is 0 Å². The third kappa shape index (κ3) is 4.43. The molecule has 2 aromatic carbocycles. The van der Waals surface area contributed by atoms with Crippen molar-refractivity contribution in [1.29, 1.82) is 0 Å². The number of nitrogens with one attached hydrogen (secondary N) is 1.